The summed E-state index contributed by atoms with van der Waals surface area (Å²) in [5.74, 6) is 3.62. The summed E-state index contributed by atoms with van der Waals surface area (Å²) in [4.78, 5) is 0. The molecular weight excluding hydrogens is 568 g/mol. The van der Waals surface area contributed by atoms with E-state index in [-0.39, 0.29) is 0 Å². The average molecular weight is 615 g/mol. The normalized spacial score (nSPS) is 16.4. The smallest absolute Gasteiger partial charge is 0.131 e. The number of hydrogen-bond acceptors (Lipinski definition) is 4. The van der Waals surface area contributed by atoms with Crippen molar-refractivity contribution in [2.45, 2.75) is 78.1 Å². The Balaban J connectivity index is 1.61. The first-order valence-electron chi connectivity index (χ1n) is 17.4. The van der Waals surface area contributed by atoms with Gasteiger partial charge in [-0.25, -0.2) is 0 Å². The van der Waals surface area contributed by atoms with Gasteiger partial charge in [-0.3, -0.25) is 0 Å². The average Bonchev–Trinajstić information content (AvgIpc) is 3.06. The molecule has 4 nitrogen and oxygen atoms in total. The van der Waals surface area contributed by atoms with E-state index in [0.29, 0.717) is 26.4 Å². The first kappa shape index (κ1) is 30.5. The number of fused-ring (bicyclic) bond motifs is 1. The fourth-order valence-corrected chi connectivity index (χ4v) is 7.25. The Bertz CT molecular complexity index is 1590. The van der Waals surface area contributed by atoms with Gasteiger partial charge in [0, 0.05) is 11.1 Å². The van der Waals surface area contributed by atoms with Crippen LogP contribution in [0.2, 0.25) is 0 Å². The summed E-state index contributed by atoms with van der Waals surface area (Å²) in [6, 6.07) is 26.4. The van der Waals surface area contributed by atoms with Crippen molar-refractivity contribution in [2.24, 2.45) is 0 Å². The molecule has 2 aliphatic rings. The van der Waals surface area contributed by atoms with Crippen molar-refractivity contribution >= 4 is 21.5 Å². The highest BCUT2D eigenvalue weighted by molar-refractivity contribution is 6.23. The highest BCUT2D eigenvalue weighted by Crippen LogP contribution is 2.52. The van der Waals surface area contributed by atoms with Crippen molar-refractivity contribution < 1.29 is 18.9 Å². The minimum atomic E-state index is 0.686. The van der Waals surface area contributed by atoms with Gasteiger partial charge in [-0.05, 0) is 96.5 Å². The second-order valence-electron chi connectivity index (χ2n) is 13.0. The zero-order valence-electron chi connectivity index (χ0n) is 27.5. The lowest BCUT2D eigenvalue weighted by Gasteiger charge is -2.24. The molecule has 0 spiro atoms. The summed E-state index contributed by atoms with van der Waals surface area (Å²) in [6.45, 7) is 7.04. The Kier molecular flexibility index (Phi) is 9.32. The Labute approximate surface area is 273 Å². The molecule has 46 heavy (non-hydrogen) atoms. The van der Waals surface area contributed by atoms with Gasteiger partial charge in [-0.15, -0.1) is 0 Å². The minimum absolute atomic E-state index is 0.686. The SMILES string of the molecule is Cc1cc2c3c(c1)OCCCCCCCOc1cc(C)cc(c1-c1c4ccccc4c-3c3ccccc13)OCCCCCCCO2. The Morgan fingerprint density at radius 2 is 0.609 bits per heavy atom. The molecule has 0 N–H and O–H groups in total. The lowest BCUT2D eigenvalue weighted by molar-refractivity contribution is 0.282. The van der Waals surface area contributed by atoms with Crippen LogP contribution in [0.3, 0.4) is 0 Å². The van der Waals surface area contributed by atoms with Gasteiger partial charge in [-0.2, -0.15) is 0 Å². The molecule has 2 heterocycles. The molecule has 5 aromatic carbocycles. The van der Waals surface area contributed by atoms with Gasteiger partial charge in [0.25, 0.3) is 0 Å². The van der Waals surface area contributed by atoms with Gasteiger partial charge < -0.3 is 18.9 Å². The summed E-state index contributed by atoms with van der Waals surface area (Å²) in [7, 11) is 0. The fraction of sp³-hybridized carbons (Fsp3) is 0.381. The van der Waals surface area contributed by atoms with E-state index in [1.807, 2.05) is 0 Å². The van der Waals surface area contributed by atoms with Gasteiger partial charge in [0.1, 0.15) is 23.0 Å². The van der Waals surface area contributed by atoms with Crippen LogP contribution in [0.5, 0.6) is 23.0 Å². The van der Waals surface area contributed by atoms with Crippen LogP contribution >= 0.6 is 0 Å². The highest BCUT2D eigenvalue weighted by atomic mass is 16.5. The van der Waals surface area contributed by atoms with E-state index in [4.69, 9.17) is 18.9 Å². The number of hydrogen-bond donors (Lipinski definition) is 0. The van der Waals surface area contributed by atoms with Gasteiger partial charge in [0.15, 0.2) is 0 Å². The van der Waals surface area contributed by atoms with Crippen LogP contribution in [0.25, 0.3) is 43.8 Å². The second kappa shape index (κ2) is 14.1. The summed E-state index contributed by atoms with van der Waals surface area (Å²) in [5, 5.41) is 4.67. The van der Waals surface area contributed by atoms with Crippen molar-refractivity contribution in [3.8, 4) is 45.3 Å². The van der Waals surface area contributed by atoms with Crippen LogP contribution < -0.4 is 18.9 Å². The van der Waals surface area contributed by atoms with Crippen LogP contribution in [-0.2, 0) is 0 Å². The molecule has 4 heteroatoms. The van der Waals surface area contributed by atoms with Crippen molar-refractivity contribution in [1.82, 2.24) is 0 Å². The van der Waals surface area contributed by atoms with E-state index >= 15 is 0 Å². The van der Waals surface area contributed by atoms with Crippen LogP contribution in [0.15, 0.2) is 72.8 Å². The topological polar surface area (TPSA) is 36.9 Å². The van der Waals surface area contributed by atoms with Gasteiger partial charge in [0.2, 0.25) is 0 Å². The zero-order valence-corrected chi connectivity index (χ0v) is 27.5. The monoisotopic (exact) mass is 614 g/mol. The molecule has 2 aliphatic heterocycles. The van der Waals surface area contributed by atoms with Crippen LogP contribution in [0.4, 0.5) is 0 Å². The minimum Gasteiger partial charge on any atom is -0.493 e. The zero-order chi connectivity index (χ0) is 31.3. The second-order valence-corrected chi connectivity index (χ2v) is 13.0. The molecular formula is C42H46O4. The van der Waals surface area contributed by atoms with Crippen LogP contribution in [0.1, 0.15) is 75.3 Å². The van der Waals surface area contributed by atoms with E-state index in [1.54, 1.807) is 0 Å². The first-order valence-corrected chi connectivity index (χ1v) is 17.4. The highest BCUT2D eigenvalue weighted by Gasteiger charge is 2.26. The molecule has 0 fully saturated rings. The number of aryl methyl sites for hydroxylation is 2. The van der Waals surface area contributed by atoms with Crippen molar-refractivity contribution in [3.63, 3.8) is 0 Å². The first-order chi connectivity index (χ1) is 22.7. The fourth-order valence-electron chi connectivity index (χ4n) is 7.25. The molecule has 0 amide bonds. The Hall–Kier alpha value is -4.18. The van der Waals surface area contributed by atoms with Crippen molar-refractivity contribution in [1.29, 1.82) is 0 Å². The summed E-state index contributed by atoms with van der Waals surface area (Å²) < 4.78 is 26.9. The van der Waals surface area contributed by atoms with Crippen LogP contribution in [0, 0.1) is 13.8 Å². The summed E-state index contributed by atoms with van der Waals surface area (Å²) in [6.07, 6.45) is 11.0. The third-order valence-corrected chi connectivity index (χ3v) is 9.46. The van der Waals surface area contributed by atoms with E-state index < -0.39 is 0 Å². The molecule has 4 bridgehead atoms. The quantitative estimate of drug-likeness (QED) is 0.163. The third-order valence-electron chi connectivity index (χ3n) is 9.46. The molecule has 7 rings (SSSR count). The van der Waals surface area contributed by atoms with Crippen molar-refractivity contribution in [3.05, 3.63) is 83.9 Å². The molecule has 238 valence electrons. The number of rotatable bonds is 0. The van der Waals surface area contributed by atoms with E-state index in [9.17, 15) is 0 Å². The maximum Gasteiger partial charge on any atom is 0.131 e. The predicted octanol–water partition coefficient (Wildman–Crippen LogP) is 11.4. The maximum absolute atomic E-state index is 6.72. The predicted molar refractivity (Wildman–Crippen MR) is 190 cm³/mol. The Morgan fingerprint density at radius 1 is 0.348 bits per heavy atom. The Morgan fingerprint density at radius 3 is 0.891 bits per heavy atom. The molecule has 0 radical (unpaired) electrons. The van der Waals surface area contributed by atoms with Gasteiger partial charge >= 0.3 is 0 Å². The summed E-state index contributed by atoms with van der Waals surface area (Å²) in [5.41, 5.74) is 6.72. The van der Waals surface area contributed by atoms with Gasteiger partial charge in [0.05, 0.1) is 37.6 Å². The lowest BCUT2D eigenvalue weighted by atomic mass is 9.84. The largest absolute Gasteiger partial charge is 0.493 e. The molecule has 0 saturated carbocycles. The van der Waals surface area contributed by atoms with E-state index in [2.05, 4.69) is 86.6 Å². The third kappa shape index (κ3) is 6.27. The molecule has 5 aromatic rings. The standard InChI is InChI=1S/C42H46O4/c1-29-25-35-41-36(26-29)44-22-14-6-4-8-16-24-46-38-28-30(2)27-37(45-23-15-7-3-5-13-21-43-35)42(38)40-33-19-11-9-17-31(33)39(41)32-18-10-12-20-34(32)40/h9-12,17-20,25-28H,3-8,13-16,21-24H2,1-2H3. The molecule has 0 aliphatic carbocycles. The lowest BCUT2D eigenvalue weighted by Crippen LogP contribution is -2.04. The number of benzene rings is 5. The molecule has 0 aromatic heterocycles. The maximum atomic E-state index is 6.72. The van der Waals surface area contributed by atoms with Crippen molar-refractivity contribution in [2.75, 3.05) is 26.4 Å². The van der Waals surface area contributed by atoms with E-state index in [1.165, 1.54) is 34.4 Å². The van der Waals surface area contributed by atoms with Gasteiger partial charge in [-0.1, -0.05) is 87.1 Å². The molecule has 0 atom stereocenters. The molecule has 0 unspecified atom stereocenters. The van der Waals surface area contributed by atoms with E-state index in [0.717, 1.165) is 108 Å². The molecule has 0 saturated heterocycles. The number of ether oxygens (including phenoxy) is 4. The summed E-state index contributed by atoms with van der Waals surface area (Å²) >= 11 is 0. The van der Waals surface area contributed by atoms with Crippen LogP contribution in [-0.4, -0.2) is 26.4 Å².